The van der Waals surface area contributed by atoms with E-state index in [9.17, 15) is 13.2 Å². The van der Waals surface area contributed by atoms with E-state index >= 15 is 0 Å². The molecular weight excluding hydrogens is 460 g/mol. The summed E-state index contributed by atoms with van der Waals surface area (Å²) in [5.41, 5.74) is 0.920. The summed E-state index contributed by atoms with van der Waals surface area (Å²) in [5.74, 6) is -0.0379. The van der Waals surface area contributed by atoms with E-state index in [-0.39, 0.29) is 17.3 Å². The summed E-state index contributed by atoms with van der Waals surface area (Å²) in [6.07, 6.45) is -0.382. The predicted octanol–water partition coefficient (Wildman–Crippen LogP) is 4.43. The van der Waals surface area contributed by atoms with Crippen molar-refractivity contribution >= 4 is 33.2 Å². The summed E-state index contributed by atoms with van der Waals surface area (Å²) in [7, 11) is -3.94. The Labute approximate surface area is 199 Å². The second kappa shape index (κ2) is 9.08. The summed E-state index contributed by atoms with van der Waals surface area (Å²) < 4.78 is 34.1. The molecule has 0 saturated carbocycles. The van der Waals surface area contributed by atoms with Crippen LogP contribution in [0.15, 0.2) is 83.8 Å². The quantitative estimate of drug-likeness (QED) is 0.561. The monoisotopic (exact) mass is 484 g/mol. The van der Waals surface area contributed by atoms with Crippen LogP contribution in [0.5, 0.6) is 5.75 Å². The number of hydrogen-bond acceptors (Lipinski definition) is 4. The Balaban J connectivity index is 1.59. The Kier molecular flexibility index (Phi) is 6.36. The summed E-state index contributed by atoms with van der Waals surface area (Å²) >= 11 is 5.93. The van der Waals surface area contributed by atoms with E-state index in [1.54, 1.807) is 24.3 Å². The number of carbonyl (C=O) groups excluding carboxylic acids is 1. The van der Waals surface area contributed by atoms with Gasteiger partial charge in [0.05, 0.1) is 17.1 Å². The number of nitrogens with zero attached hydrogens (tertiary/aromatic N) is 1. The van der Waals surface area contributed by atoms with Crippen LogP contribution in [0.25, 0.3) is 0 Å². The SMILES string of the molecule is CC(C)(Cc1ccccc1)NC(=O)[C@@H]1CN(S(=O)(=O)c2ccc(Cl)cc2)c2ccccc2O1. The highest BCUT2D eigenvalue weighted by Crippen LogP contribution is 2.37. The maximum Gasteiger partial charge on any atom is 0.264 e. The van der Waals surface area contributed by atoms with Gasteiger partial charge >= 0.3 is 0 Å². The minimum Gasteiger partial charge on any atom is -0.476 e. The van der Waals surface area contributed by atoms with Crippen LogP contribution in [0.2, 0.25) is 5.02 Å². The zero-order valence-corrected chi connectivity index (χ0v) is 19.9. The lowest BCUT2D eigenvalue weighted by molar-refractivity contribution is -0.129. The van der Waals surface area contributed by atoms with Crippen molar-refractivity contribution in [1.29, 1.82) is 0 Å². The average molecular weight is 485 g/mol. The van der Waals surface area contributed by atoms with E-state index in [1.807, 2.05) is 44.2 Å². The van der Waals surface area contributed by atoms with Crippen molar-refractivity contribution in [2.24, 2.45) is 0 Å². The Morgan fingerprint density at radius 3 is 2.36 bits per heavy atom. The number of para-hydroxylation sites is 2. The number of nitrogens with one attached hydrogen (secondary N) is 1. The number of sulfonamides is 1. The molecule has 1 aliphatic rings. The smallest absolute Gasteiger partial charge is 0.264 e. The molecule has 0 radical (unpaired) electrons. The number of hydrogen-bond donors (Lipinski definition) is 1. The number of fused-ring (bicyclic) bond motifs is 1. The molecule has 1 N–H and O–H groups in total. The molecule has 172 valence electrons. The lowest BCUT2D eigenvalue weighted by atomic mass is 9.94. The standard InChI is InChI=1S/C25H25ClN2O4S/c1-25(2,16-18-8-4-3-5-9-18)27-24(29)23-17-28(21-10-6-7-11-22(21)32-23)33(30,31)20-14-12-19(26)13-15-20/h3-15,23H,16-17H2,1-2H3,(H,27,29)/t23-/m0/s1. The number of rotatable bonds is 6. The van der Waals surface area contributed by atoms with Gasteiger partial charge in [-0.15, -0.1) is 0 Å². The third kappa shape index (κ3) is 5.15. The van der Waals surface area contributed by atoms with Gasteiger partial charge in [-0.2, -0.15) is 0 Å². The first kappa shape index (κ1) is 23.1. The fourth-order valence-electron chi connectivity index (χ4n) is 3.86. The molecule has 3 aromatic rings. The molecule has 4 rings (SSSR count). The Hall–Kier alpha value is -3.03. The number of carbonyl (C=O) groups is 1. The normalized spacial score (nSPS) is 16.0. The minimum atomic E-state index is -3.94. The molecule has 1 heterocycles. The average Bonchev–Trinajstić information content (AvgIpc) is 2.78. The van der Waals surface area contributed by atoms with Crippen molar-refractivity contribution < 1.29 is 17.9 Å². The van der Waals surface area contributed by atoms with E-state index < -0.39 is 21.7 Å². The van der Waals surface area contributed by atoms with Crippen LogP contribution in [0.4, 0.5) is 5.69 Å². The molecule has 1 atom stereocenters. The molecule has 0 bridgehead atoms. The predicted molar refractivity (Wildman–Crippen MR) is 129 cm³/mol. The van der Waals surface area contributed by atoms with Gasteiger partial charge in [0.25, 0.3) is 15.9 Å². The van der Waals surface area contributed by atoms with E-state index in [1.165, 1.54) is 28.6 Å². The van der Waals surface area contributed by atoms with Crippen LogP contribution >= 0.6 is 11.6 Å². The van der Waals surface area contributed by atoms with E-state index in [0.717, 1.165) is 5.56 Å². The van der Waals surface area contributed by atoms with Crippen molar-refractivity contribution in [1.82, 2.24) is 5.32 Å². The van der Waals surface area contributed by atoms with Crippen molar-refractivity contribution in [3.05, 3.63) is 89.4 Å². The van der Waals surface area contributed by atoms with Crippen molar-refractivity contribution in [2.75, 3.05) is 10.8 Å². The largest absolute Gasteiger partial charge is 0.476 e. The molecule has 8 heteroatoms. The lowest BCUT2D eigenvalue weighted by Crippen LogP contribution is -2.55. The zero-order chi connectivity index (χ0) is 23.6. The van der Waals surface area contributed by atoms with Crippen LogP contribution in [0.1, 0.15) is 19.4 Å². The van der Waals surface area contributed by atoms with Gasteiger partial charge in [0.1, 0.15) is 5.75 Å². The number of benzene rings is 3. The van der Waals surface area contributed by atoms with Crippen LogP contribution < -0.4 is 14.4 Å². The Morgan fingerprint density at radius 2 is 1.67 bits per heavy atom. The highest BCUT2D eigenvalue weighted by molar-refractivity contribution is 7.92. The highest BCUT2D eigenvalue weighted by atomic mass is 35.5. The molecule has 0 aliphatic carbocycles. The summed E-state index contributed by atoms with van der Waals surface area (Å²) in [4.78, 5) is 13.3. The molecule has 0 unspecified atom stereocenters. The molecule has 3 aromatic carbocycles. The van der Waals surface area contributed by atoms with Crippen LogP contribution in [-0.4, -0.2) is 32.5 Å². The second-order valence-corrected chi connectivity index (χ2v) is 10.9. The number of halogens is 1. The van der Waals surface area contributed by atoms with Crippen molar-refractivity contribution in [3.63, 3.8) is 0 Å². The van der Waals surface area contributed by atoms with Gasteiger partial charge in [0, 0.05) is 10.6 Å². The minimum absolute atomic E-state index is 0.0900. The zero-order valence-electron chi connectivity index (χ0n) is 18.4. The maximum absolute atomic E-state index is 13.5. The van der Waals surface area contributed by atoms with Gasteiger partial charge in [0.2, 0.25) is 0 Å². The highest BCUT2D eigenvalue weighted by Gasteiger charge is 2.38. The van der Waals surface area contributed by atoms with Gasteiger partial charge < -0.3 is 10.1 Å². The van der Waals surface area contributed by atoms with Crippen LogP contribution in [-0.2, 0) is 21.2 Å². The molecule has 0 saturated heterocycles. The fourth-order valence-corrected chi connectivity index (χ4v) is 5.47. The maximum atomic E-state index is 13.5. The number of amides is 1. The molecular formula is C25H25ClN2O4S. The lowest BCUT2D eigenvalue weighted by Gasteiger charge is -2.36. The molecule has 0 aromatic heterocycles. The summed E-state index contributed by atoms with van der Waals surface area (Å²) in [5, 5.41) is 3.46. The van der Waals surface area contributed by atoms with Gasteiger partial charge in [-0.1, -0.05) is 54.1 Å². The molecule has 6 nitrogen and oxygen atoms in total. The van der Waals surface area contributed by atoms with E-state index in [2.05, 4.69) is 5.32 Å². The summed E-state index contributed by atoms with van der Waals surface area (Å²) in [6.45, 7) is 3.71. The molecule has 1 aliphatic heterocycles. The first-order valence-electron chi connectivity index (χ1n) is 10.6. The summed E-state index contributed by atoms with van der Waals surface area (Å²) in [6, 6.07) is 22.6. The van der Waals surface area contributed by atoms with Crippen molar-refractivity contribution in [2.45, 2.75) is 36.8 Å². The third-order valence-corrected chi connectivity index (χ3v) is 7.43. The van der Waals surface area contributed by atoms with Crippen LogP contribution in [0.3, 0.4) is 0 Å². The first-order valence-corrected chi connectivity index (χ1v) is 12.4. The van der Waals surface area contributed by atoms with Crippen molar-refractivity contribution in [3.8, 4) is 5.75 Å². The number of ether oxygens (including phenoxy) is 1. The van der Waals surface area contributed by atoms with Gasteiger partial charge in [-0.3, -0.25) is 9.10 Å². The third-order valence-electron chi connectivity index (χ3n) is 5.38. The molecule has 1 amide bonds. The number of anilines is 1. The molecule has 33 heavy (non-hydrogen) atoms. The first-order chi connectivity index (χ1) is 15.7. The van der Waals surface area contributed by atoms with Crippen LogP contribution in [0, 0.1) is 0 Å². The molecule has 0 spiro atoms. The van der Waals surface area contributed by atoms with Gasteiger partial charge in [-0.25, -0.2) is 8.42 Å². The second-order valence-electron chi connectivity index (χ2n) is 8.60. The fraction of sp³-hybridized carbons (Fsp3) is 0.240. The molecule has 0 fully saturated rings. The van der Waals surface area contributed by atoms with Gasteiger partial charge in [0.15, 0.2) is 6.10 Å². The Bertz CT molecular complexity index is 1240. The van der Waals surface area contributed by atoms with Gasteiger partial charge in [-0.05, 0) is 62.2 Å². The Morgan fingerprint density at radius 1 is 1.03 bits per heavy atom. The van der Waals surface area contributed by atoms with E-state index in [0.29, 0.717) is 22.9 Å². The van der Waals surface area contributed by atoms with E-state index in [4.69, 9.17) is 16.3 Å². The topological polar surface area (TPSA) is 75.7 Å².